The number of hydrogen-bond donors (Lipinski definition) is 1. The second-order valence-electron chi connectivity index (χ2n) is 7.43. The third-order valence-electron chi connectivity index (χ3n) is 4.82. The van der Waals surface area contributed by atoms with E-state index in [0.29, 0.717) is 36.8 Å². The second-order valence-corrected chi connectivity index (χ2v) is 7.43. The number of anilines is 1. The van der Waals surface area contributed by atoms with Crippen LogP contribution in [0.15, 0.2) is 78.9 Å². The van der Waals surface area contributed by atoms with Gasteiger partial charge < -0.3 is 19.5 Å². The lowest BCUT2D eigenvalue weighted by atomic mass is 10.2. The van der Waals surface area contributed by atoms with E-state index in [1.807, 2.05) is 60.7 Å². The molecule has 0 unspecified atom stereocenters. The van der Waals surface area contributed by atoms with E-state index in [0.717, 1.165) is 17.9 Å². The van der Waals surface area contributed by atoms with Crippen molar-refractivity contribution in [1.29, 1.82) is 0 Å². The zero-order valence-corrected chi connectivity index (χ0v) is 18.6. The summed E-state index contributed by atoms with van der Waals surface area (Å²) in [7, 11) is 0. The Kier molecular flexibility index (Phi) is 9.46. The van der Waals surface area contributed by atoms with E-state index in [1.165, 1.54) is 19.3 Å². The lowest BCUT2D eigenvalue weighted by molar-refractivity contribution is 0.102. The van der Waals surface area contributed by atoms with Gasteiger partial charge in [0.2, 0.25) is 0 Å². The Bertz CT molecular complexity index is 959. The van der Waals surface area contributed by atoms with E-state index in [1.54, 1.807) is 18.2 Å². The summed E-state index contributed by atoms with van der Waals surface area (Å²) >= 11 is 0. The number of hydrogen-bond acceptors (Lipinski definition) is 4. The van der Waals surface area contributed by atoms with Crippen molar-refractivity contribution in [3.63, 3.8) is 0 Å². The molecule has 1 amide bonds. The van der Waals surface area contributed by atoms with Gasteiger partial charge in [-0.2, -0.15) is 0 Å². The molecule has 0 saturated carbocycles. The molecule has 3 rings (SSSR count). The molecule has 0 aliphatic carbocycles. The van der Waals surface area contributed by atoms with Crippen LogP contribution in [0, 0.1) is 0 Å². The largest absolute Gasteiger partial charge is 0.494 e. The highest BCUT2D eigenvalue weighted by atomic mass is 16.5. The van der Waals surface area contributed by atoms with Crippen molar-refractivity contribution in [3.05, 3.63) is 84.4 Å². The molecule has 5 heteroatoms. The van der Waals surface area contributed by atoms with Crippen LogP contribution in [0.1, 0.15) is 43.0 Å². The van der Waals surface area contributed by atoms with Crippen molar-refractivity contribution < 1.29 is 19.0 Å². The topological polar surface area (TPSA) is 56.8 Å². The molecule has 3 aromatic carbocycles. The molecule has 0 aliphatic heterocycles. The smallest absolute Gasteiger partial charge is 0.255 e. The maximum Gasteiger partial charge on any atom is 0.255 e. The third-order valence-corrected chi connectivity index (χ3v) is 4.82. The van der Waals surface area contributed by atoms with Crippen LogP contribution < -0.4 is 19.5 Å². The van der Waals surface area contributed by atoms with Gasteiger partial charge in [0.25, 0.3) is 5.91 Å². The van der Waals surface area contributed by atoms with Gasteiger partial charge in [-0.15, -0.1) is 0 Å². The number of nitrogens with one attached hydrogen (secondary N) is 1. The second kappa shape index (κ2) is 13.1. The highest BCUT2D eigenvalue weighted by molar-refractivity contribution is 6.04. The van der Waals surface area contributed by atoms with Crippen LogP contribution in [0.3, 0.4) is 0 Å². The number of unbranched alkanes of at least 4 members (excludes halogenated alkanes) is 3. The molecular formula is C27H31NO4. The molecule has 0 bridgehead atoms. The molecule has 5 nitrogen and oxygen atoms in total. The van der Waals surface area contributed by atoms with Crippen molar-refractivity contribution in [2.45, 2.75) is 32.6 Å². The number of para-hydroxylation sites is 1. The van der Waals surface area contributed by atoms with E-state index < -0.39 is 0 Å². The Morgan fingerprint density at radius 2 is 1.34 bits per heavy atom. The van der Waals surface area contributed by atoms with Gasteiger partial charge in [0, 0.05) is 17.3 Å². The van der Waals surface area contributed by atoms with Crippen LogP contribution in [0.5, 0.6) is 17.2 Å². The minimum absolute atomic E-state index is 0.198. The number of carbonyl (C=O) groups excluding carboxylic acids is 1. The van der Waals surface area contributed by atoms with Crippen LogP contribution >= 0.6 is 0 Å². The van der Waals surface area contributed by atoms with Crippen molar-refractivity contribution in [2.24, 2.45) is 0 Å². The van der Waals surface area contributed by atoms with Gasteiger partial charge in [0.05, 0.1) is 6.61 Å². The van der Waals surface area contributed by atoms with Gasteiger partial charge in [0.15, 0.2) is 0 Å². The fourth-order valence-corrected chi connectivity index (χ4v) is 3.15. The zero-order chi connectivity index (χ0) is 22.4. The van der Waals surface area contributed by atoms with E-state index in [4.69, 9.17) is 14.2 Å². The predicted molar refractivity (Wildman–Crippen MR) is 128 cm³/mol. The zero-order valence-electron chi connectivity index (χ0n) is 18.6. The Labute approximate surface area is 190 Å². The van der Waals surface area contributed by atoms with Crippen LogP contribution in [0.2, 0.25) is 0 Å². The van der Waals surface area contributed by atoms with Gasteiger partial charge in [-0.3, -0.25) is 4.79 Å². The molecule has 168 valence electrons. The molecular weight excluding hydrogens is 402 g/mol. The first kappa shape index (κ1) is 23.2. The summed E-state index contributed by atoms with van der Waals surface area (Å²) in [6, 6.07) is 24.2. The van der Waals surface area contributed by atoms with E-state index >= 15 is 0 Å². The monoisotopic (exact) mass is 433 g/mol. The summed E-state index contributed by atoms with van der Waals surface area (Å²) in [5.74, 6) is 1.99. The number of ether oxygens (including phenoxy) is 3. The molecule has 0 fully saturated rings. The van der Waals surface area contributed by atoms with Gasteiger partial charge in [-0.1, -0.05) is 56.5 Å². The summed E-state index contributed by atoms with van der Waals surface area (Å²) in [6.07, 6.45) is 4.63. The first-order valence-corrected chi connectivity index (χ1v) is 11.2. The Hall–Kier alpha value is -3.47. The summed E-state index contributed by atoms with van der Waals surface area (Å²) in [5.41, 5.74) is 1.22. The molecule has 0 saturated heterocycles. The molecule has 0 atom stereocenters. The first-order chi connectivity index (χ1) is 15.7. The average molecular weight is 434 g/mol. The molecule has 1 N–H and O–H groups in total. The van der Waals surface area contributed by atoms with Crippen LogP contribution in [-0.2, 0) is 0 Å². The van der Waals surface area contributed by atoms with Crippen LogP contribution in [0.4, 0.5) is 5.69 Å². The van der Waals surface area contributed by atoms with Crippen LogP contribution in [0.25, 0.3) is 0 Å². The summed E-state index contributed by atoms with van der Waals surface area (Å²) in [4.78, 5) is 12.7. The van der Waals surface area contributed by atoms with Gasteiger partial charge >= 0.3 is 0 Å². The summed E-state index contributed by atoms with van der Waals surface area (Å²) in [5, 5.41) is 2.93. The molecule has 3 aromatic rings. The normalized spacial score (nSPS) is 10.4. The minimum atomic E-state index is -0.198. The number of amides is 1. The maximum atomic E-state index is 12.7. The lowest BCUT2D eigenvalue weighted by Crippen LogP contribution is -2.13. The molecule has 0 aromatic heterocycles. The SMILES string of the molecule is CCCCCCOc1cccc(NC(=O)c2cccc(OCCOc3ccccc3)c2)c1. The van der Waals surface area contributed by atoms with Crippen molar-refractivity contribution in [1.82, 2.24) is 0 Å². The van der Waals surface area contributed by atoms with E-state index in [9.17, 15) is 4.79 Å². The lowest BCUT2D eigenvalue weighted by Gasteiger charge is -2.11. The number of rotatable bonds is 13. The Morgan fingerprint density at radius 1 is 0.688 bits per heavy atom. The van der Waals surface area contributed by atoms with Crippen molar-refractivity contribution in [2.75, 3.05) is 25.1 Å². The molecule has 0 aliphatic rings. The maximum absolute atomic E-state index is 12.7. The Morgan fingerprint density at radius 3 is 2.12 bits per heavy atom. The predicted octanol–water partition coefficient (Wildman–Crippen LogP) is 6.36. The fraction of sp³-hybridized carbons (Fsp3) is 0.296. The highest BCUT2D eigenvalue weighted by Crippen LogP contribution is 2.20. The van der Waals surface area contributed by atoms with Crippen molar-refractivity contribution >= 4 is 11.6 Å². The number of benzene rings is 3. The highest BCUT2D eigenvalue weighted by Gasteiger charge is 2.08. The first-order valence-electron chi connectivity index (χ1n) is 11.2. The Balaban J connectivity index is 1.47. The van der Waals surface area contributed by atoms with Crippen molar-refractivity contribution in [3.8, 4) is 17.2 Å². The average Bonchev–Trinajstić information content (AvgIpc) is 2.83. The summed E-state index contributed by atoms with van der Waals surface area (Å²) in [6.45, 7) is 3.68. The number of carbonyl (C=O) groups is 1. The van der Waals surface area contributed by atoms with Gasteiger partial charge in [-0.25, -0.2) is 0 Å². The molecule has 0 radical (unpaired) electrons. The van der Waals surface area contributed by atoms with E-state index in [-0.39, 0.29) is 5.91 Å². The van der Waals surface area contributed by atoms with Gasteiger partial charge in [-0.05, 0) is 48.9 Å². The molecule has 0 spiro atoms. The molecule has 0 heterocycles. The summed E-state index contributed by atoms with van der Waals surface area (Å²) < 4.78 is 17.2. The third kappa shape index (κ3) is 7.99. The quantitative estimate of drug-likeness (QED) is 0.319. The standard InChI is InChI=1S/C27H31NO4/c1-2-3-4-8-17-30-26-16-10-12-23(21-26)28-27(29)22-11-9-15-25(20-22)32-19-18-31-24-13-6-5-7-14-24/h5-7,9-16,20-21H,2-4,8,17-19H2,1H3,(H,28,29). The fourth-order valence-electron chi connectivity index (χ4n) is 3.15. The minimum Gasteiger partial charge on any atom is -0.494 e. The van der Waals surface area contributed by atoms with Crippen LogP contribution in [-0.4, -0.2) is 25.7 Å². The molecule has 32 heavy (non-hydrogen) atoms. The van der Waals surface area contributed by atoms with E-state index in [2.05, 4.69) is 12.2 Å². The van der Waals surface area contributed by atoms with Gasteiger partial charge in [0.1, 0.15) is 30.5 Å².